The number of amides is 1. The van der Waals surface area contributed by atoms with Crippen LogP contribution >= 0.6 is 0 Å². The number of aromatic nitrogens is 6. The molecular formula is C16H19N7O2. The normalized spacial score (nSPS) is 12.3. The van der Waals surface area contributed by atoms with E-state index >= 15 is 0 Å². The van der Waals surface area contributed by atoms with Crippen LogP contribution < -0.4 is 5.32 Å². The molecule has 1 atom stereocenters. The predicted molar refractivity (Wildman–Crippen MR) is 88.3 cm³/mol. The zero-order valence-corrected chi connectivity index (χ0v) is 14.2. The van der Waals surface area contributed by atoms with Gasteiger partial charge in [-0.3, -0.25) is 14.9 Å². The summed E-state index contributed by atoms with van der Waals surface area (Å²) < 4.78 is 5.33. The lowest BCUT2D eigenvalue weighted by Crippen LogP contribution is -2.30. The molecule has 0 spiro atoms. The largest absolute Gasteiger partial charge is 0.340 e. The van der Waals surface area contributed by atoms with Crippen LogP contribution in [0.4, 0.5) is 0 Å². The number of nitrogens with one attached hydrogen (secondary N) is 2. The van der Waals surface area contributed by atoms with Crippen molar-refractivity contribution in [1.82, 2.24) is 35.6 Å². The molecule has 0 bridgehead atoms. The smallest absolute Gasteiger partial charge is 0.253 e. The molecule has 0 aliphatic carbocycles. The summed E-state index contributed by atoms with van der Waals surface area (Å²) in [4.78, 5) is 24.9. The minimum Gasteiger partial charge on any atom is -0.340 e. The second kappa shape index (κ2) is 7.20. The van der Waals surface area contributed by atoms with E-state index in [2.05, 4.69) is 49.5 Å². The molecular weight excluding hydrogens is 322 g/mol. The average molecular weight is 341 g/mol. The SMILES string of the molecule is Cc1cncc(C(=O)NC(CC(C)C)c2nc(-c3ncn[nH]3)no2)c1. The summed E-state index contributed by atoms with van der Waals surface area (Å²) in [6.45, 7) is 6.00. The molecule has 1 unspecified atom stereocenters. The number of carbonyl (C=O) groups excluding carboxylic acids is 1. The molecule has 2 N–H and O–H groups in total. The number of pyridine rings is 1. The second-order valence-electron chi connectivity index (χ2n) is 6.20. The van der Waals surface area contributed by atoms with Gasteiger partial charge in [-0.05, 0) is 30.9 Å². The monoisotopic (exact) mass is 341 g/mol. The van der Waals surface area contributed by atoms with Crippen molar-refractivity contribution >= 4 is 5.91 Å². The Morgan fingerprint density at radius 2 is 2.20 bits per heavy atom. The third-order valence-corrected chi connectivity index (χ3v) is 3.52. The van der Waals surface area contributed by atoms with E-state index in [1.165, 1.54) is 12.5 Å². The van der Waals surface area contributed by atoms with E-state index in [0.717, 1.165) is 5.56 Å². The molecule has 0 aliphatic heterocycles. The Kier molecular flexibility index (Phi) is 4.82. The summed E-state index contributed by atoms with van der Waals surface area (Å²) in [6.07, 6.45) is 5.25. The maximum absolute atomic E-state index is 12.5. The molecule has 25 heavy (non-hydrogen) atoms. The molecule has 0 aromatic carbocycles. The number of nitrogens with zero attached hydrogens (tertiary/aromatic N) is 5. The Balaban J connectivity index is 1.81. The van der Waals surface area contributed by atoms with Gasteiger partial charge in [0, 0.05) is 12.4 Å². The molecule has 9 nitrogen and oxygen atoms in total. The van der Waals surface area contributed by atoms with Crippen molar-refractivity contribution in [2.75, 3.05) is 0 Å². The van der Waals surface area contributed by atoms with Crippen LogP contribution in [-0.2, 0) is 0 Å². The van der Waals surface area contributed by atoms with Crippen molar-refractivity contribution in [2.24, 2.45) is 5.92 Å². The third-order valence-electron chi connectivity index (χ3n) is 3.52. The van der Waals surface area contributed by atoms with Crippen molar-refractivity contribution < 1.29 is 9.32 Å². The molecule has 3 aromatic heterocycles. The lowest BCUT2D eigenvalue weighted by molar-refractivity contribution is 0.0922. The number of carbonyl (C=O) groups is 1. The van der Waals surface area contributed by atoms with E-state index < -0.39 is 6.04 Å². The first kappa shape index (κ1) is 16.7. The van der Waals surface area contributed by atoms with Crippen molar-refractivity contribution in [3.05, 3.63) is 41.8 Å². The molecule has 1 amide bonds. The van der Waals surface area contributed by atoms with Crippen LogP contribution in [0.5, 0.6) is 0 Å². The summed E-state index contributed by atoms with van der Waals surface area (Å²) in [7, 11) is 0. The highest BCUT2D eigenvalue weighted by Crippen LogP contribution is 2.22. The molecule has 130 valence electrons. The highest BCUT2D eigenvalue weighted by atomic mass is 16.5. The lowest BCUT2D eigenvalue weighted by Gasteiger charge is -2.17. The average Bonchev–Trinajstić information content (AvgIpc) is 3.25. The van der Waals surface area contributed by atoms with Gasteiger partial charge in [-0.15, -0.1) is 0 Å². The van der Waals surface area contributed by atoms with Crippen LogP contribution in [0.15, 0.2) is 29.3 Å². The molecule has 3 heterocycles. The first-order valence-corrected chi connectivity index (χ1v) is 7.94. The summed E-state index contributed by atoms with van der Waals surface area (Å²) >= 11 is 0. The summed E-state index contributed by atoms with van der Waals surface area (Å²) in [5.41, 5.74) is 1.40. The van der Waals surface area contributed by atoms with E-state index in [9.17, 15) is 4.79 Å². The quantitative estimate of drug-likeness (QED) is 0.703. The number of hydrogen-bond acceptors (Lipinski definition) is 7. The first-order valence-electron chi connectivity index (χ1n) is 7.94. The number of rotatable bonds is 6. The van der Waals surface area contributed by atoms with Crippen LogP contribution in [0.2, 0.25) is 0 Å². The van der Waals surface area contributed by atoms with E-state index in [1.807, 2.05) is 6.92 Å². The zero-order chi connectivity index (χ0) is 17.8. The van der Waals surface area contributed by atoms with Crippen molar-refractivity contribution in [1.29, 1.82) is 0 Å². The fourth-order valence-electron chi connectivity index (χ4n) is 2.40. The Labute approximate surface area is 144 Å². The third kappa shape index (κ3) is 4.06. The standard InChI is InChI=1S/C16H19N7O2/c1-9(2)4-12(20-15(24)11-5-10(3)6-17-7-11)16-21-14(23-25-16)13-18-8-19-22-13/h5-9,12H,4H2,1-3H3,(H,20,24)(H,18,19,22). The van der Waals surface area contributed by atoms with E-state index in [4.69, 9.17) is 4.52 Å². The van der Waals surface area contributed by atoms with E-state index in [1.54, 1.807) is 12.3 Å². The van der Waals surface area contributed by atoms with Gasteiger partial charge < -0.3 is 9.84 Å². The van der Waals surface area contributed by atoms with Gasteiger partial charge in [0.1, 0.15) is 12.4 Å². The molecule has 3 rings (SSSR count). The highest BCUT2D eigenvalue weighted by Gasteiger charge is 2.24. The number of aromatic amines is 1. The van der Waals surface area contributed by atoms with Crippen molar-refractivity contribution in [2.45, 2.75) is 33.2 Å². The van der Waals surface area contributed by atoms with Crippen molar-refractivity contribution in [3.8, 4) is 11.6 Å². The molecule has 3 aromatic rings. The van der Waals surface area contributed by atoms with Gasteiger partial charge in [0.05, 0.1) is 5.56 Å². The summed E-state index contributed by atoms with van der Waals surface area (Å²) in [5, 5.41) is 13.3. The molecule has 0 saturated carbocycles. The maximum atomic E-state index is 12.5. The van der Waals surface area contributed by atoms with Crippen LogP contribution in [0.3, 0.4) is 0 Å². The lowest BCUT2D eigenvalue weighted by atomic mass is 10.0. The van der Waals surface area contributed by atoms with Crippen LogP contribution in [0, 0.1) is 12.8 Å². The number of H-pyrrole nitrogens is 1. The Hall–Kier alpha value is -3.10. The molecule has 0 fully saturated rings. The number of aryl methyl sites for hydroxylation is 1. The van der Waals surface area contributed by atoms with Gasteiger partial charge in [0.15, 0.2) is 5.82 Å². The van der Waals surface area contributed by atoms with Gasteiger partial charge >= 0.3 is 0 Å². The van der Waals surface area contributed by atoms with Gasteiger partial charge in [-0.25, -0.2) is 4.98 Å². The van der Waals surface area contributed by atoms with E-state index in [0.29, 0.717) is 35.4 Å². The minimum atomic E-state index is -0.405. The second-order valence-corrected chi connectivity index (χ2v) is 6.20. The van der Waals surface area contributed by atoms with Gasteiger partial charge in [-0.1, -0.05) is 19.0 Å². The Morgan fingerprint density at radius 3 is 2.88 bits per heavy atom. The molecule has 0 radical (unpaired) electrons. The predicted octanol–water partition coefficient (Wildman–Crippen LogP) is 2.08. The molecule has 0 saturated heterocycles. The number of hydrogen-bond donors (Lipinski definition) is 2. The highest BCUT2D eigenvalue weighted by molar-refractivity contribution is 5.94. The Morgan fingerprint density at radius 1 is 1.36 bits per heavy atom. The van der Waals surface area contributed by atoms with E-state index in [-0.39, 0.29) is 5.91 Å². The topological polar surface area (TPSA) is 122 Å². The zero-order valence-electron chi connectivity index (χ0n) is 14.2. The molecule has 9 heteroatoms. The van der Waals surface area contributed by atoms with Crippen LogP contribution in [0.1, 0.15) is 48.1 Å². The van der Waals surface area contributed by atoms with Crippen LogP contribution in [-0.4, -0.2) is 36.2 Å². The Bertz CT molecular complexity index is 842. The van der Waals surface area contributed by atoms with Gasteiger partial charge in [-0.2, -0.15) is 10.1 Å². The minimum absolute atomic E-state index is 0.235. The fourth-order valence-corrected chi connectivity index (χ4v) is 2.40. The van der Waals surface area contributed by atoms with Crippen LogP contribution in [0.25, 0.3) is 11.6 Å². The maximum Gasteiger partial charge on any atom is 0.253 e. The fraction of sp³-hybridized carbons (Fsp3) is 0.375. The summed E-state index contributed by atoms with van der Waals surface area (Å²) in [6, 6.07) is 1.37. The van der Waals surface area contributed by atoms with Crippen molar-refractivity contribution in [3.63, 3.8) is 0 Å². The molecule has 0 aliphatic rings. The van der Waals surface area contributed by atoms with Gasteiger partial charge in [0.2, 0.25) is 11.7 Å². The summed E-state index contributed by atoms with van der Waals surface area (Å²) in [5.74, 6) is 1.12. The van der Waals surface area contributed by atoms with Gasteiger partial charge in [0.25, 0.3) is 5.91 Å². The first-order chi connectivity index (χ1) is 12.0.